The van der Waals surface area contributed by atoms with E-state index in [1.807, 2.05) is 0 Å². The van der Waals surface area contributed by atoms with Gasteiger partial charge in [0, 0.05) is 24.2 Å². The van der Waals surface area contributed by atoms with Crippen molar-refractivity contribution in [2.75, 3.05) is 0 Å². The van der Waals surface area contributed by atoms with Gasteiger partial charge in [-0.25, -0.2) is 4.39 Å². The van der Waals surface area contributed by atoms with Crippen molar-refractivity contribution in [2.45, 2.75) is 38.3 Å². The number of hydrogen-bond acceptors (Lipinski definition) is 4. The van der Waals surface area contributed by atoms with Crippen LogP contribution in [0.15, 0.2) is 18.2 Å². The molecule has 0 unspecified atom stereocenters. The summed E-state index contributed by atoms with van der Waals surface area (Å²) in [4.78, 5) is 20.7. The molecule has 0 bridgehead atoms. The van der Waals surface area contributed by atoms with E-state index in [1.165, 1.54) is 12.1 Å². The number of halogens is 1. The molecule has 2 N–H and O–H groups in total. The van der Waals surface area contributed by atoms with Crippen molar-refractivity contribution in [3.63, 3.8) is 0 Å². The van der Waals surface area contributed by atoms with Crippen molar-refractivity contribution in [3.8, 4) is 0 Å². The third-order valence-electron chi connectivity index (χ3n) is 3.91. The van der Waals surface area contributed by atoms with Crippen LogP contribution in [0.5, 0.6) is 0 Å². The normalized spacial score (nSPS) is 22.0. The average Bonchev–Trinajstić information content (AvgIpc) is 2.46. The van der Waals surface area contributed by atoms with E-state index in [9.17, 15) is 19.3 Å². The van der Waals surface area contributed by atoms with Crippen molar-refractivity contribution >= 4 is 11.7 Å². The van der Waals surface area contributed by atoms with Gasteiger partial charge in [-0.2, -0.15) is 0 Å². The summed E-state index contributed by atoms with van der Waals surface area (Å²) in [5.41, 5.74) is 0.110. The van der Waals surface area contributed by atoms with Gasteiger partial charge in [-0.3, -0.25) is 14.9 Å². The van der Waals surface area contributed by atoms with Crippen molar-refractivity contribution in [3.05, 3.63) is 39.7 Å². The molecule has 1 saturated carbocycles. The molecule has 1 aromatic rings. The van der Waals surface area contributed by atoms with E-state index >= 15 is 0 Å². The number of carbonyl (C=O) groups is 1. The van der Waals surface area contributed by atoms with Gasteiger partial charge in [-0.15, -0.1) is 0 Å². The molecule has 1 aliphatic rings. The van der Waals surface area contributed by atoms with E-state index in [0.717, 1.165) is 18.9 Å². The minimum atomic E-state index is -0.755. The van der Waals surface area contributed by atoms with E-state index in [-0.39, 0.29) is 24.2 Å². The molecular weight excluding hydrogens is 279 g/mol. The molecule has 0 saturated heterocycles. The highest BCUT2D eigenvalue weighted by molar-refractivity contribution is 5.70. The van der Waals surface area contributed by atoms with Gasteiger partial charge in [0.25, 0.3) is 5.69 Å². The number of carboxylic acid groups (broad SMARTS) is 1. The minimum Gasteiger partial charge on any atom is -0.481 e. The van der Waals surface area contributed by atoms with E-state index in [0.29, 0.717) is 18.4 Å². The molecule has 0 heterocycles. The average molecular weight is 296 g/mol. The third-order valence-corrected chi connectivity index (χ3v) is 3.91. The van der Waals surface area contributed by atoms with Crippen molar-refractivity contribution in [1.29, 1.82) is 0 Å². The summed E-state index contributed by atoms with van der Waals surface area (Å²) in [5.74, 6) is -1.63. The molecule has 0 spiro atoms. The number of hydrogen-bond donors (Lipinski definition) is 2. The standard InChI is InChI=1S/C14H17FN2O4/c15-13-7-12(17(20)21)6-3-10(13)8-16-11-4-1-9(2-5-11)14(18)19/h3,6-7,9,11,16H,1-2,4-5,8H2,(H,18,19). The van der Waals surface area contributed by atoms with E-state index in [1.54, 1.807) is 0 Å². The number of benzene rings is 1. The second kappa shape index (κ2) is 6.62. The topological polar surface area (TPSA) is 92.5 Å². The van der Waals surface area contributed by atoms with Crippen LogP contribution in [-0.2, 0) is 11.3 Å². The SMILES string of the molecule is O=C(O)C1CCC(NCc2ccc([N+](=O)[O-])cc2F)CC1. The minimum absolute atomic E-state index is 0.162. The first-order chi connectivity index (χ1) is 9.97. The number of aliphatic carboxylic acids is 1. The molecule has 1 aromatic carbocycles. The number of non-ortho nitro benzene ring substituents is 1. The second-order valence-electron chi connectivity index (χ2n) is 5.30. The molecule has 0 atom stereocenters. The highest BCUT2D eigenvalue weighted by Gasteiger charge is 2.25. The number of nitro benzene ring substituents is 1. The number of carboxylic acids is 1. The third kappa shape index (κ3) is 3.98. The van der Waals surface area contributed by atoms with Gasteiger partial charge in [0.15, 0.2) is 0 Å². The Bertz CT molecular complexity index is 542. The maximum Gasteiger partial charge on any atom is 0.306 e. The Kier molecular flexibility index (Phi) is 4.85. The lowest BCUT2D eigenvalue weighted by molar-refractivity contribution is -0.385. The molecule has 0 aromatic heterocycles. The molecule has 6 nitrogen and oxygen atoms in total. The summed E-state index contributed by atoms with van der Waals surface area (Å²) in [6.07, 6.45) is 2.72. The van der Waals surface area contributed by atoms with E-state index in [2.05, 4.69) is 5.32 Å². The molecular formula is C14H17FN2O4. The zero-order valence-corrected chi connectivity index (χ0v) is 11.4. The Hall–Kier alpha value is -2.02. The maximum atomic E-state index is 13.7. The van der Waals surface area contributed by atoms with Crippen molar-refractivity contribution in [2.24, 2.45) is 5.92 Å². The molecule has 1 fully saturated rings. The summed E-state index contributed by atoms with van der Waals surface area (Å²) < 4.78 is 13.7. The second-order valence-corrected chi connectivity index (χ2v) is 5.30. The predicted molar refractivity (Wildman–Crippen MR) is 73.3 cm³/mol. The van der Waals surface area contributed by atoms with Gasteiger partial charge in [0.1, 0.15) is 5.82 Å². The first kappa shape index (κ1) is 15.4. The molecule has 21 heavy (non-hydrogen) atoms. The van der Waals surface area contributed by atoms with Crippen LogP contribution in [0, 0.1) is 21.8 Å². The lowest BCUT2D eigenvalue weighted by Crippen LogP contribution is -2.34. The van der Waals surface area contributed by atoms with Crippen molar-refractivity contribution in [1.82, 2.24) is 5.32 Å². The van der Waals surface area contributed by atoms with Crippen LogP contribution in [0.3, 0.4) is 0 Å². The lowest BCUT2D eigenvalue weighted by Gasteiger charge is -2.27. The molecule has 7 heteroatoms. The molecule has 114 valence electrons. The quantitative estimate of drug-likeness (QED) is 0.643. The van der Waals surface area contributed by atoms with Crippen LogP contribution in [0.1, 0.15) is 31.2 Å². The van der Waals surface area contributed by atoms with Gasteiger partial charge in [-0.1, -0.05) is 0 Å². The first-order valence-electron chi connectivity index (χ1n) is 6.86. The van der Waals surface area contributed by atoms with Crippen LogP contribution in [0.4, 0.5) is 10.1 Å². The van der Waals surface area contributed by atoms with Crippen LogP contribution in [0.25, 0.3) is 0 Å². The summed E-state index contributed by atoms with van der Waals surface area (Å²) in [6, 6.07) is 3.76. The summed E-state index contributed by atoms with van der Waals surface area (Å²) >= 11 is 0. The predicted octanol–water partition coefficient (Wildman–Crippen LogP) is 2.47. The molecule has 0 aliphatic heterocycles. The fourth-order valence-electron chi connectivity index (χ4n) is 2.59. The summed E-state index contributed by atoms with van der Waals surface area (Å²) in [7, 11) is 0. The number of rotatable bonds is 5. The fraction of sp³-hybridized carbons (Fsp3) is 0.500. The van der Waals surface area contributed by atoms with Crippen LogP contribution < -0.4 is 5.32 Å². The highest BCUT2D eigenvalue weighted by Crippen LogP contribution is 2.25. The summed E-state index contributed by atoms with van der Waals surface area (Å²) in [5, 5.41) is 22.6. The van der Waals surface area contributed by atoms with Crippen molar-refractivity contribution < 1.29 is 19.2 Å². The molecule has 0 amide bonds. The number of nitrogens with zero attached hydrogens (tertiary/aromatic N) is 1. The molecule has 1 aliphatic carbocycles. The fourth-order valence-corrected chi connectivity index (χ4v) is 2.59. The Balaban J connectivity index is 1.87. The van der Waals surface area contributed by atoms with Gasteiger partial charge in [-0.05, 0) is 31.7 Å². The zero-order valence-electron chi connectivity index (χ0n) is 11.4. The van der Waals surface area contributed by atoms with Gasteiger partial charge < -0.3 is 10.4 Å². The zero-order chi connectivity index (χ0) is 15.4. The monoisotopic (exact) mass is 296 g/mol. The van der Waals surface area contributed by atoms with E-state index < -0.39 is 16.7 Å². The molecule has 2 rings (SSSR count). The first-order valence-corrected chi connectivity index (χ1v) is 6.86. The Morgan fingerprint density at radius 3 is 2.57 bits per heavy atom. The smallest absolute Gasteiger partial charge is 0.306 e. The van der Waals surface area contributed by atoms with Crippen LogP contribution >= 0.6 is 0 Å². The molecule has 0 radical (unpaired) electrons. The van der Waals surface area contributed by atoms with Crippen LogP contribution in [0.2, 0.25) is 0 Å². The van der Waals surface area contributed by atoms with E-state index in [4.69, 9.17) is 5.11 Å². The van der Waals surface area contributed by atoms with Crippen LogP contribution in [-0.4, -0.2) is 22.0 Å². The Labute approximate surface area is 121 Å². The number of nitrogens with one attached hydrogen (secondary N) is 1. The summed E-state index contributed by atoms with van der Waals surface area (Å²) in [6.45, 7) is 0.284. The van der Waals surface area contributed by atoms with Gasteiger partial charge in [0.2, 0.25) is 0 Å². The van der Waals surface area contributed by atoms with Gasteiger partial charge in [0.05, 0.1) is 16.9 Å². The number of nitro groups is 1. The lowest BCUT2D eigenvalue weighted by atomic mass is 9.86. The van der Waals surface area contributed by atoms with Gasteiger partial charge >= 0.3 is 5.97 Å². The Morgan fingerprint density at radius 2 is 2.05 bits per heavy atom. The Morgan fingerprint density at radius 1 is 1.38 bits per heavy atom. The largest absolute Gasteiger partial charge is 0.481 e. The highest BCUT2D eigenvalue weighted by atomic mass is 19.1. The maximum absolute atomic E-state index is 13.7.